The molecule has 2 aliphatic carbocycles. The van der Waals surface area contributed by atoms with Crippen molar-refractivity contribution in [3.05, 3.63) is 35.9 Å². The van der Waals surface area contributed by atoms with Gasteiger partial charge in [0.2, 0.25) is 0 Å². The van der Waals surface area contributed by atoms with Crippen molar-refractivity contribution >= 4 is 11.6 Å². The number of fused-ring (bicyclic) bond motifs is 1. The highest BCUT2D eigenvalue weighted by Crippen LogP contribution is 2.58. The third-order valence-electron chi connectivity index (χ3n) is 3.81. The first-order valence-electron chi connectivity index (χ1n) is 5.53. The minimum atomic E-state index is 0.254. The van der Waals surface area contributed by atoms with E-state index < -0.39 is 0 Å². The van der Waals surface area contributed by atoms with E-state index >= 15 is 0 Å². The molecule has 2 fully saturated rings. The molecule has 0 spiro atoms. The Kier molecular flexibility index (Phi) is 2.05. The van der Waals surface area contributed by atoms with Gasteiger partial charge in [-0.15, -0.1) is 11.6 Å². The Balaban J connectivity index is 1.73. The van der Waals surface area contributed by atoms with Gasteiger partial charge in [0.15, 0.2) is 0 Å². The van der Waals surface area contributed by atoms with E-state index in [4.69, 9.17) is 11.6 Å². The summed E-state index contributed by atoms with van der Waals surface area (Å²) in [6.45, 7) is 0. The number of hydrogen-bond acceptors (Lipinski definition) is 0. The van der Waals surface area contributed by atoms with Crippen LogP contribution < -0.4 is 0 Å². The van der Waals surface area contributed by atoms with Crippen molar-refractivity contribution in [3.8, 4) is 0 Å². The molecule has 0 amide bonds. The number of hydrogen-bond donors (Lipinski definition) is 0. The second-order valence-corrected chi connectivity index (χ2v) is 5.27. The summed E-state index contributed by atoms with van der Waals surface area (Å²) in [4.78, 5) is 0. The predicted molar refractivity (Wildman–Crippen MR) is 59.4 cm³/mol. The monoisotopic (exact) mass is 206 g/mol. The molecule has 0 N–H and O–H groups in total. The minimum absolute atomic E-state index is 0.254. The molecule has 0 bridgehead atoms. The van der Waals surface area contributed by atoms with Crippen LogP contribution in [0.1, 0.15) is 30.2 Å². The first kappa shape index (κ1) is 8.79. The van der Waals surface area contributed by atoms with Crippen molar-refractivity contribution in [1.82, 2.24) is 0 Å². The van der Waals surface area contributed by atoms with Gasteiger partial charge in [0.1, 0.15) is 0 Å². The first-order valence-corrected chi connectivity index (χ1v) is 5.97. The predicted octanol–water partition coefficient (Wildman–Crippen LogP) is 4.01. The van der Waals surface area contributed by atoms with Crippen LogP contribution in [0, 0.1) is 17.8 Å². The van der Waals surface area contributed by atoms with Crippen molar-refractivity contribution < 1.29 is 0 Å². The summed E-state index contributed by atoms with van der Waals surface area (Å²) in [7, 11) is 0. The zero-order valence-corrected chi connectivity index (χ0v) is 8.95. The zero-order valence-electron chi connectivity index (χ0n) is 8.20. The van der Waals surface area contributed by atoms with Gasteiger partial charge in [-0.3, -0.25) is 0 Å². The second kappa shape index (κ2) is 3.27. The van der Waals surface area contributed by atoms with Gasteiger partial charge in [-0.25, -0.2) is 0 Å². The molecule has 1 heteroatoms. The smallest absolute Gasteiger partial charge is 0.0613 e. The van der Waals surface area contributed by atoms with E-state index in [9.17, 15) is 0 Å². The molecule has 0 radical (unpaired) electrons. The van der Waals surface area contributed by atoms with Crippen molar-refractivity contribution in [3.63, 3.8) is 0 Å². The molecule has 3 atom stereocenters. The van der Waals surface area contributed by atoms with Crippen LogP contribution in [0.3, 0.4) is 0 Å². The lowest BCUT2D eigenvalue weighted by atomic mass is 9.94. The molecule has 14 heavy (non-hydrogen) atoms. The molecule has 3 unspecified atom stereocenters. The summed E-state index contributed by atoms with van der Waals surface area (Å²) in [6.07, 6.45) is 4.22. The summed E-state index contributed by atoms with van der Waals surface area (Å²) in [6, 6.07) is 10.5. The highest BCUT2D eigenvalue weighted by Gasteiger charge is 2.47. The Labute approximate surface area is 90.3 Å². The van der Waals surface area contributed by atoms with Crippen LogP contribution in [0.25, 0.3) is 0 Å². The molecule has 0 saturated heterocycles. The van der Waals surface area contributed by atoms with Gasteiger partial charge in [0.05, 0.1) is 5.38 Å². The van der Waals surface area contributed by atoms with Crippen molar-refractivity contribution in [2.75, 3.05) is 0 Å². The summed E-state index contributed by atoms with van der Waals surface area (Å²) in [5.41, 5.74) is 1.31. The van der Waals surface area contributed by atoms with Crippen molar-refractivity contribution in [2.24, 2.45) is 17.8 Å². The lowest BCUT2D eigenvalue weighted by Crippen LogP contribution is -2.05. The minimum Gasteiger partial charge on any atom is -0.118 e. The van der Waals surface area contributed by atoms with Gasteiger partial charge in [-0.2, -0.15) is 0 Å². The summed E-state index contributed by atoms with van der Waals surface area (Å²) in [5, 5.41) is 0.254. The van der Waals surface area contributed by atoms with E-state index in [1.54, 1.807) is 0 Å². The second-order valence-electron chi connectivity index (χ2n) is 4.80. The number of benzene rings is 1. The topological polar surface area (TPSA) is 0 Å². The maximum Gasteiger partial charge on any atom is 0.0613 e. The molecule has 2 aliphatic rings. The molecular weight excluding hydrogens is 192 g/mol. The molecule has 2 saturated carbocycles. The first-order chi connectivity index (χ1) is 6.84. The number of alkyl halides is 1. The van der Waals surface area contributed by atoms with Crippen molar-refractivity contribution in [2.45, 2.75) is 24.6 Å². The molecule has 0 aliphatic heterocycles. The van der Waals surface area contributed by atoms with Crippen LogP contribution in [0.5, 0.6) is 0 Å². The van der Waals surface area contributed by atoms with Crippen LogP contribution in [0.2, 0.25) is 0 Å². The molecule has 1 aromatic rings. The fraction of sp³-hybridized carbons (Fsp3) is 0.538. The summed E-state index contributed by atoms with van der Waals surface area (Å²) in [5.74, 6) is 2.80. The molecule has 0 heterocycles. The molecular formula is C13H15Cl. The normalized spacial score (nSPS) is 36.5. The van der Waals surface area contributed by atoms with E-state index in [0.717, 1.165) is 17.8 Å². The molecule has 3 rings (SSSR count). The molecule has 74 valence electrons. The summed E-state index contributed by atoms with van der Waals surface area (Å²) >= 11 is 6.50. The maximum absolute atomic E-state index is 6.50. The third-order valence-corrected chi connectivity index (χ3v) is 4.42. The quantitative estimate of drug-likeness (QED) is 0.642. The van der Waals surface area contributed by atoms with E-state index in [0.29, 0.717) is 0 Å². The van der Waals surface area contributed by atoms with E-state index in [2.05, 4.69) is 30.3 Å². The highest BCUT2D eigenvalue weighted by molar-refractivity contribution is 6.21. The lowest BCUT2D eigenvalue weighted by molar-refractivity contribution is 0.471. The van der Waals surface area contributed by atoms with Gasteiger partial charge in [-0.05, 0) is 42.6 Å². The number of halogens is 1. The van der Waals surface area contributed by atoms with E-state index in [1.807, 2.05) is 0 Å². The van der Waals surface area contributed by atoms with Gasteiger partial charge < -0.3 is 0 Å². The average Bonchev–Trinajstić information content (AvgIpc) is 2.86. The maximum atomic E-state index is 6.50. The molecule has 0 aromatic heterocycles. The average molecular weight is 207 g/mol. The SMILES string of the molecule is ClC(c1ccccc1)C1CC2CC2C1. The van der Waals surface area contributed by atoms with E-state index in [-0.39, 0.29) is 5.38 Å². The lowest BCUT2D eigenvalue weighted by Gasteiger charge is -2.18. The fourth-order valence-electron chi connectivity index (χ4n) is 2.91. The van der Waals surface area contributed by atoms with Gasteiger partial charge in [0.25, 0.3) is 0 Å². The van der Waals surface area contributed by atoms with Gasteiger partial charge >= 0.3 is 0 Å². The Morgan fingerprint density at radius 1 is 1.00 bits per heavy atom. The van der Waals surface area contributed by atoms with Crippen LogP contribution in [-0.4, -0.2) is 0 Å². The third kappa shape index (κ3) is 1.46. The van der Waals surface area contributed by atoms with Crippen LogP contribution in [0.4, 0.5) is 0 Å². The molecule has 1 aromatic carbocycles. The Morgan fingerprint density at radius 2 is 1.64 bits per heavy atom. The van der Waals surface area contributed by atoms with Crippen LogP contribution >= 0.6 is 11.6 Å². The highest BCUT2D eigenvalue weighted by atomic mass is 35.5. The van der Waals surface area contributed by atoms with E-state index in [1.165, 1.54) is 24.8 Å². The Morgan fingerprint density at radius 3 is 2.29 bits per heavy atom. The Bertz CT molecular complexity index is 309. The van der Waals surface area contributed by atoms with Gasteiger partial charge in [0, 0.05) is 0 Å². The van der Waals surface area contributed by atoms with Crippen LogP contribution in [-0.2, 0) is 0 Å². The van der Waals surface area contributed by atoms with Crippen molar-refractivity contribution in [1.29, 1.82) is 0 Å². The fourth-order valence-corrected chi connectivity index (χ4v) is 3.26. The zero-order chi connectivity index (χ0) is 9.54. The van der Waals surface area contributed by atoms with Crippen LogP contribution in [0.15, 0.2) is 30.3 Å². The molecule has 0 nitrogen and oxygen atoms in total. The number of rotatable bonds is 2. The summed E-state index contributed by atoms with van der Waals surface area (Å²) < 4.78 is 0. The van der Waals surface area contributed by atoms with Gasteiger partial charge in [-0.1, -0.05) is 30.3 Å². The largest absolute Gasteiger partial charge is 0.118 e. The Hall–Kier alpha value is -0.490. The standard InChI is InChI=1S/C13H15Cl/c14-13(9-4-2-1-3-5-9)12-7-10-6-11(10)8-12/h1-5,10-13H,6-8H2.